The highest BCUT2D eigenvalue weighted by atomic mass is 19.3. The van der Waals surface area contributed by atoms with Gasteiger partial charge in [0, 0.05) is 29.2 Å². The van der Waals surface area contributed by atoms with Crippen LogP contribution in [0.5, 0.6) is 0 Å². The molecule has 4 amide bonds. The van der Waals surface area contributed by atoms with Crippen molar-refractivity contribution >= 4 is 35.0 Å². The van der Waals surface area contributed by atoms with Crippen LogP contribution in [-0.2, 0) is 34.5 Å². The Bertz CT molecular complexity index is 2780. The second-order valence-corrected chi connectivity index (χ2v) is 19.1. The van der Waals surface area contributed by atoms with E-state index in [0.717, 1.165) is 30.3 Å². The molecule has 1 spiro atoms. The van der Waals surface area contributed by atoms with Gasteiger partial charge in [0.2, 0.25) is 11.8 Å². The number of aromatic nitrogens is 4. The molecule has 6 atom stereocenters. The molecule has 10 rings (SSSR count). The minimum atomic E-state index is -3.32. The first-order chi connectivity index (χ1) is 32.1. The Kier molecular flexibility index (Phi) is 11.1. The van der Waals surface area contributed by atoms with Crippen molar-refractivity contribution < 1.29 is 46.9 Å². The molecule has 2 aliphatic carbocycles. The quantitative estimate of drug-likeness (QED) is 0.109. The highest BCUT2D eigenvalue weighted by Crippen LogP contribution is 2.54. The first-order valence-electron chi connectivity index (χ1n) is 22.9. The van der Waals surface area contributed by atoms with E-state index >= 15 is 8.78 Å². The summed E-state index contributed by atoms with van der Waals surface area (Å²) in [6.07, 6.45) is 3.15. The number of carbonyl (C=O) groups excluding carboxylic acids is 4. The van der Waals surface area contributed by atoms with Gasteiger partial charge < -0.3 is 49.3 Å². The third kappa shape index (κ3) is 7.57. The zero-order valence-electron chi connectivity index (χ0n) is 38.2. The van der Waals surface area contributed by atoms with Crippen LogP contribution in [0.4, 0.5) is 18.4 Å². The average molecular weight is 921 g/mol. The predicted octanol–water partition coefficient (Wildman–Crippen LogP) is 7.57. The van der Waals surface area contributed by atoms with Gasteiger partial charge in [-0.3, -0.25) is 9.59 Å². The molecule has 67 heavy (non-hydrogen) atoms. The predicted molar refractivity (Wildman–Crippen MR) is 240 cm³/mol. The number of halogens is 2. The Morgan fingerprint density at radius 2 is 1.40 bits per heavy atom. The van der Waals surface area contributed by atoms with Crippen LogP contribution in [0.3, 0.4) is 0 Å². The minimum Gasteiger partial charge on any atom is -0.453 e. The van der Waals surface area contributed by atoms with E-state index in [9.17, 15) is 19.2 Å². The number of hydrogen-bond acceptors (Lipinski definition) is 10. The van der Waals surface area contributed by atoms with Crippen molar-refractivity contribution in [2.75, 3.05) is 34.0 Å². The number of carbonyl (C=O) groups is 4. The van der Waals surface area contributed by atoms with Crippen LogP contribution in [-0.4, -0.2) is 112 Å². The van der Waals surface area contributed by atoms with Crippen LogP contribution < -0.4 is 10.6 Å². The Hall–Kier alpha value is -6.40. The third-order valence-electron chi connectivity index (χ3n) is 14.4. The van der Waals surface area contributed by atoms with Crippen molar-refractivity contribution in [2.24, 2.45) is 17.8 Å². The standard InChI is InChI=1S/C49H54F2N8O8/c1-24(2)39(56-46(62)64-5)44(60)58-23-48(66-15-16-67-48)21-38(58)42-52-22-37(55-42)28-9-13-32-31-12-8-26(18-33(31)49(50,51)34(32)19-28)27-10-14-35-36(20-27)54-43(53-35)41-29-7-11-30(17-29)59(41)45(61)40(25(3)4)57-47(63)65-6/h8-10,12-14,18-20,22,24-25,29-30,38-41H,7,11,15-17,21,23H2,1-6H3,(H,52,55)(H,53,54)(H,56,62)(H,57,63)/t29-,30+,38-,39-,40-,41?/m0/s1. The van der Waals surface area contributed by atoms with E-state index in [0.29, 0.717) is 58.3 Å². The molecular formula is C49H54F2N8O8. The molecule has 5 aliphatic rings. The summed E-state index contributed by atoms with van der Waals surface area (Å²) >= 11 is 0. The number of likely N-dealkylation sites (tertiary alicyclic amines) is 2. The lowest BCUT2D eigenvalue weighted by atomic mass is 9.95. The molecule has 3 saturated heterocycles. The highest BCUT2D eigenvalue weighted by molar-refractivity contribution is 5.89. The van der Waals surface area contributed by atoms with Gasteiger partial charge >= 0.3 is 12.2 Å². The summed E-state index contributed by atoms with van der Waals surface area (Å²) in [4.78, 5) is 72.4. The summed E-state index contributed by atoms with van der Waals surface area (Å²) in [5, 5.41) is 5.38. The van der Waals surface area contributed by atoms with Crippen LogP contribution in [0.2, 0.25) is 0 Å². The van der Waals surface area contributed by atoms with E-state index in [1.807, 2.05) is 56.9 Å². The van der Waals surface area contributed by atoms with E-state index < -0.39 is 42.0 Å². The molecule has 4 N–H and O–H groups in total. The molecule has 3 aromatic carbocycles. The van der Waals surface area contributed by atoms with Gasteiger partial charge in [0.15, 0.2) is 5.79 Å². The van der Waals surface area contributed by atoms with Gasteiger partial charge in [0.25, 0.3) is 5.92 Å². The van der Waals surface area contributed by atoms with Crippen LogP contribution in [0.1, 0.15) is 88.2 Å². The van der Waals surface area contributed by atoms with Gasteiger partial charge in [-0.1, -0.05) is 58.0 Å². The van der Waals surface area contributed by atoms with E-state index in [2.05, 4.69) is 25.6 Å². The fourth-order valence-corrected chi connectivity index (χ4v) is 11.0. The van der Waals surface area contributed by atoms with Gasteiger partial charge in [-0.2, -0.15) is 8.78 Å². The SMILES string of the molecule is COC(=O)N[C@H](C(=O)N1CC2(C[C@H]1c1ncc(-c3ccc4c(c3)C(F)(F)c3cc(-c5ccc6nc(C7[C@H]8CC[C@H](C8)N7C(=O)[C@@H](NC(=O)OC)C(C)C)[nH]c6c5)ccc3-4)[nH]1)OCCO2)C(C)C. The number of H-pyrrole nitrogens is 2. The number of imidazole rings is 2. The van der Waals surface area contributed by atoms with Gasteiger partial charge in [-0.15, -0.1) is 0 Å². The number of aromatic amines is 2. The number of rotatable bonds is 10. The number of methoxy groups -OCH3 is 2. The number of nitrogens with zero attached hydrogens (tertiary/aromatic N) is 4. The minimum absolute atomic E-state index is 0.0366. The topological polar surface area (TPSA) is 193 Å². The van der Waals surface area contributed by atoms with Gasteiger partial charge in [-0.05, 0) is 83.5 Å². The van der Waals surface area contributed by atoms with Crippen LogP contribution in [0.25, 0.3) is 44.5 Å². The van der Waals surface area contributed by atoms with Crippen LogP contribution >= 0.6 is 0 Å². The second-order valence-electron chi connectivity index (χ2n) is 19.1. The first kappa shape index (κ1) is 44.4. The number of alkyl carbamates (subject to hydrolysis) is 2. The molecule has 5 heterocycles. The number of benzene rings is 3. The molecule has 2 bridgehead atoms. The van der Waals surface area contributed by atoms with Crippen molar-refractivity contribution in [1.82, 2.24) is 40.4 Å². The van der Waals surface area contributed by atoms with Crippen molar-refractivity contribution in [3.8, 4) is 33.5 Å². The molecule has 3 aliphatic heterocycles. The molecule has 1 unspecified atom stereocenters. The van der Waals surface area contributed by atoms with E-state index in [1.54, 1.807) is 35.4 Å². The monoisotopic (exact) mass is 920 g/mol. The summed E-state index contributed by atoms with van der Waals surface area (Å²) < 4.78 is 55.1. The normalized spacial score (nSPS) is 23.0. The Morgan fingerprint density at radius 1 is 0.791 bits per heavy atom. The average Bonchev–Trinajstić information content (AvgIpc) is 4.20. The number of ether oxygens (including phenoxy) is 4. The fraction of sp³-hybridized carbons (Fsp3) is 0.469. The summed E-state index contributed by atoms with van der Waals surface area (Å²) in [5.41, 5.74) is 4.36. The molecular weight excluding hydrogens is 867 g/mol. The maximum Gasteiger partial charge on any atom is 0.407 e. The van der Waals surface area contributed by atoms with Gasteiger partial charge in [-0.25, -0.2) is 19.6 Å². The number of fused-ring (bicyclic) bond motifs is 6. The summed E-state index contributed by atoms with van der Waals surface area (Å²) in [5.74, 6) is -4.04. The Labute approximate surface area is 385 Å². The zero-order chi connectivity index (χ0) is 47.1. The number of alkyl halides is 2. The molecule has 352 valence electrons. The van der Waals surface area contributed by atoms with Crippen LogP contribution in [0, 0.1) is 17.8 Å². The highest BCUT2D eigenvalue weighted by Gasteiger charge is 2.54. The Balaban J connectivity index is 0.902. The van der Waals surface area contributed by atoms with Crippen molar-refractivity contribution in [3.05, 3.63) is 83.6 Å². The lowest BCUT2D eigenvalue weighted by Crippen LogP contribution is -2.54. The molecule has 18 heteroatoms. The van der Waals surface area contributed by atoms with Crippen molar-refractivity contribution in [3.63, 3.8) is 0 Å². The fourth-order valence-electron chi connectivity index (χ4n) is 11.0. The molecule has 1 saturated carbocycles. The number of amides is 4. The molecule has 0 radical (unpaired) electrons. The smallest absolute Gasteiger partial charge is 0.407 e. The van der Waals surface area contributed by atoms with E-state index in [-0.39, 0.29) is 65.7 Å². The van der Waals surface area contributed by atoms with Crippen LogP contribution in [0.15, 0.2) is 60.8 Å². The Morgan fingerprint density at radius 3 is 2.06 bits per heavy atom. The van der Waals surface area contributed by atoms with Gasteiger partial charge in [0.05, 0.1) is 69.0 Å². The lowest BCUT2D eigenvalue weighted by Gasteiger charge is -2.37. The maximum absolute atomic E-state index is 16.7. The van der Waals surface area contributed by atoms with Crippen molar-refractivity contribution in [2.45, 2.75) is 95.3 Å². The van der Waals surface area contributed by atoms with Gasteiger partial charge in [0.1, 0.15) is 23.7 Å². The van der Waals surface area contributed by atoms with E-state index in [1.165, 1.54) is 20.3 Å². The summed E-state index contributed by atoms with van der Waals surface area (Å²) in [6.45, 7) is 8.26. The molecule has 5 aromatic rings. The maximum atomic E-state index is 16.7. The second kappa shape index (κ2) is 16.7. The largest absolute Gasteiger partial charge is 0.453 e. The molecule has 4 fully saturated rings. The van der Waals surface area contributed by atoms with Crippen molar-refractivity contribution in [1.29, 1.82) is 0 Å². The summed E-state index contributed by atoms with van der Waals surface area (Å²) in [7, 11) is 2.51. The lowest BCUT2D eigenvalue weighted by molar-refractivity contribution is -0.153. The zero-order valence-corrected chi connectivity index (χ0v) is 38.2. The number of nitrogens with one attached hydrogen (secondary N) is 4. The molecule has 2 aromatic heterocycles. The first-order valence-corrected chi connectivity index (χ1v) is 22.9. The third-order valence-corrected chi connectivity index (χ3v) is 14.4. The number of hydrogen-bond donors (Lipinski definition) is 4. The summed E-state index contributed by atoms with van der Waals surface area (Å²) in [6, 6.07) is 13.2. The molecule has 16 nitrogen and oxygen atoms in total. The van der Waals surface area contributed by atoms with E-state index in [4.69, 9.17) is 23.9 Å². The number of piperidine rings is 1.